The third-order valence-corrected chi connectivity index (χ3v) is 6.20. The van der Waals surface area contributed by atoms with E-state index >= 15 is 0 Å². The molecule has 0 saturated carbocycles. The molecule has 5 rings (SSSR count). The molecular weight excluding hydrogens is 316 g/mol. The van der Waals surface area contributed by atoms with E-state index in [4.69, 9.17) is 5.10 Å². The summed E-state index contributed by atoms with van der Waals surface area (Å²) in [7, 11) is 2.10. The van der Waals surface area contributed by atoms with Crippen LogP contribution < -0.4 is 0 Å². The van der Waals surface area contributed by atoms with Crippen LogP contribution in [-0.4, -0.2) is 32.8 Å². The monoisotopic (exact) mass is 336 g/mol. The highest BCUT2D eigenvalue weighted by atomic mass is 32.1. The van der Waals surface area contributed by atoms with Crippen LogP contribution in [0.3, 0.4) is 0 Å². The van der Waals surface area contributed by atoms with Crippen LogP contribution in [0.15, 0.2) is 41.9 Å². The smallest absolute Gasteiger partial charge is 0.107 e. The third kappa shape index (κ3) is 2.23. The first-order chi connectivity index (χ1) is 11.8. The molecule has 0 unspecified atom stereocenters. The maximum Gasteiger partial charge on any atom is 0.107 e. The molecule has 3 aromatic rings. The zero-order chi connectivity index (χ0) is 16.1. The number of likely N-dealkylation sites (tertiary alicyclic amines) is 1. The van der Waals surface area contributed by atoms with Crippen molar-refractivity contribution in [2.24, 2.45) is 13.0 Å². The Morgan fingerprint density at radius 3 is 2.88 bits per heavy atom. The van der Waals surface area contributed by atoms with Gasteiger partial charge in [0.25, 0.3) is 0 Å². The van der Waals surface area contributed by atoms with Crippen molar-refractivity contribution in [1.82, 2.24) is 19.7 Å². The number of aryl methyl sites for hydroxylation is 1. The molecule has 1 aromatic carbocycles. The molecule has 0 amide bonds. The molecule has 3 heterocycles. The summed E-state index contributed by atoms with van der Waals surface area (Å²) in [5.41, 5.74) is 5.37. The number of aromatic nitrogens is 3. The van der Waals surface area contributed by atoms with Gasteiger partial charge in [-0.05, 0) is 12.3 Å². The van der Waals surface area contributed by atoms with Gasteiger partial charge in [-0.15, -0.1) is 11.3 Å². The lowest BCUT2D eigenvalue weighted by atomic mass is 9.94. The third-order valence-electron chi connectivity index (χ3n) is 5.44. The van der Waals surface area contributed by atoms with Crippen LogP contribution in [-0.2, 0) is 20.0 Å². The summed E-state index contributed by atoms with van der Waals surface area (Å²) in [6.07, 6.45) is 3.06. The molecule has 1 aliphatic heterocycles. The van der Waals surface area contributed by atoms with E-state index in [1.54, 1.807) is 11.3 Å². The Morgan fingerprint density at radius 1 is 1.21 bits per heavy atom. The van der Waals surface area contributed by atoms with Gasteiger partial charge < -0.3 is 0 Å². The van der Waals surface area contributed by atoms with Crippen LogP contribution in [0, 0.1) is 5.92 Å². The second kappa shape index (κ2) is 5.53. The Balaban J connectivity index is 1.47. The Hall–Kier alpha value is -1.98. The maximum absolute atomic E-state index is 4.85. The Morgan fingerprint density at radius 2 is 2.08 bits per heavy atom. The molecule has 5 heteroatoms. The van der Waals surface area contributed by atoms with E-state index in [1.165, 1.54) is 34.1 Å². The molecule has 2 aromatic heterocycles. The largest absolute Gasteiger partial charge is 0.296 e. The van der Waals surface area contributed by atoms with Crippen LogP contribution in [0.5, 0.6) is 0 Å². The number of hydrogen-bond donors (Lipinski definition) is 0. The van der Waals surface area contributed by atoms with Gasteiger partial charge in [0.1, 0.15) is 5.01 Å². The fraction of sp³-hybridized carbons (Fsp3) is 0.368. The minimum atomic E-state index is 0.615. The second-order valence-corrected chi connectivity index (χ2v) is 7.87. The summed E-state index contributed by atoms with van der Waals surface area (Å²) in [5.74, 6) is 1.34. The van der Waals surface area contributed by atoms with E-state index in [9.17, 15) is 0 Å². The van der Waals surface area contributed by atoms with Crippen molar-refractivity contribution >= 4 is 11.3 Å². The topological polar surface area (TPSA) is 34.0 Å². The molecule has 0 N–H and O–H groups in total. The summed E-state index contributed by atoms with van der Waals surface area (Å²) in [5, 5.41) is 8.15. The molecule has 122 valence electrons. The number of benzene rings is 1. The second-order valence-electron chi connectivity index (χ2n) is 6.89. The zero-order valence-corrected chi connectivity index (χ0v) is 14.5. The summed E-state index contributed by atoms with van der Waals surface area (Å²) >= 11 is 1.76. The fourth-order valence-electron chi connectivity index (χ4n) is 4.41. The average molecular weight is 336 g/mol. The van der Waals surface area contributed by atoms with Crippen LogP contribution in [0.2, 0.25) is 0 Å². The van der Waals surface area contributed by atoms with Crippen molar-refractivity contribution in [1.29, 1.82) is 0 Å². The van der Waals surface area contributed by atoms with Crippen LogP contribution >= 0.6 is 11.3 Å². The SMILES string of the molecule is Cn1nc(-c2ccccc2)c2c1C[C@H]1CN(Cc3nccs3)C[C@@H]21. The van der Waals surface area contributed by atoms with E-state index in [0.29, 0.717) is 5.92 Å². The predicted octanol–water partition coefficient (Wildman–Crippen LogP) is 3.32. The lowest BCUT2D eigenvalue weighted by Crippen LogP contribution is -2.21. The van der Waals surface area contributed by atoms with Gasteiger partial charge in [-0.25, -0.2) is 4.98 Å². The molecule has 2 atom stereocenters. The van der Waals surface area contributed by atoms with Crippen LogP contribution in [0.4, 0.5) is 0 Å². The van der Waals surface area contributed by atoms with E-state index in [1.807, 2.05) is 6.20 Å². The number of fused-ring (bicyclic) bond motifs is 3. The fourth-order valence-corrected chi connectivity index (χ4v) is 5.07. The van der Waals surface area contributed by atoms with Gasteiger partial charge in [0.15, 0.2) is 0 Å². The standard InChI is InChI=1S/C19H20N4S/c1-22-16-9-14-10-23(12-17-20-7-8-24-17)11-15(14)18(16)19(21-22)13-5-3-2-4-6-13/h2-8,14-15H,9-12H2,1H3/t14-,15+/m0/s1. The van der Waals surface area contributed by atoms with Crippen molar-refractivity contribution in [3.63, 3.8) is 0 Å². The maximum atomic E-state index is 4.85. The molecule has 24 heavy (non-hydrogen) atoms. The highest BCUT2D eigenvalue weighted by Crippen LogP contribution is 2.47. The quantitative estimate of drug-likeness (QED) is 0.736. The van der Waals surface area contributed by atoms with E-state index in [2.05, 4.69) is 57.3 Å². The average Bonchev–Trinajstić information content (AvgIpc) is 3.33. The number of rotatable bonds is 3. The molecule has 1 aliphatic carbocycles. The van der Waals surface area contributed by atoms with Gasteiger partial charge in [-0.2, -0.15) is 5.10 Å². The van der Waals surface area contributed by atoms with Gasteiger partial charge in [0.2, 0.25) is 0 Å². The van der Waals surface area contributed by atoms with Gasteiger partial charge in [-0.1, -0.05) is 30.3 Å². The highest BCUT2D eigenvalue weighted by molar-refractivity contribution is 7.09. The van der Waals surface area contributed by atoms with Crippen molar-refractivity contribution in [2.45, 2.75) is 18.9 Å². The van der Waals surface area contributed by atoms with Gasteiger partial charge in [-0.3, -0.25) is 9.58 Å². The highest BCUT2D eigenvalue weighted by Gasteiger charge is 2.43. The van der Waals surface area contributed by atoms with Gasteiger partial charge >= 0.3 is 0 Å². The molecule has 4 nitrogen and oxygen atoms in total. The summed E-state index contributed by atoms with van der Waals surface area (Å²) in [6, 6.07) is 10.6. The molecule has 0 spiro atoms. The lowest BCUT2D eigenvalue weighted by molar-refractivity contribution is 0.313. The van der Waals surface area contributed by atoms with Gasteiger partial charge in [0.05, 0.1) is 12.2 Å². The number of nitrogens with zero attached hydrogens (tertiary/aromatic N) is 4. The first kappa shape index (κ1) is 14.4. The minimum Gasteiger partial charge on any atom is -0.296 e. The van der Waals surface area contributed by atoms with Crippen LogP contribution in [0.25, 0.3) is 11.3 Å². The Bertz CT molecular complexity index is 853. The van der Waals surface area contributed by atoms with E-state index in [0.717, 1.165) is 25.4 Å². The molecule has 1 saturated heterocycles. The lowest BCUT2D eigenvalue weighted by Gasteiger charge is -2.15. The molecule has 1 fully saturated rings. The first-order valence-corrected chi connectivity index (χ1v) is 9.39. The van der Waals surface area contributed by atoms with E-state index < -0.39 is 0 Å². The molecule has 2 aliphatic rings. The predicted molar refractivity (Wildman–Crippen MR) is 96.0 cm³/mol. The minimum absolute atomic E-state index is 0.615. The number of hydrogen-bond acceptors (Lipinski definition) is 4. The van der Waals surface area contributed by atoms with Crippen molar-refractivity contribution in [3.05, 3.63) is 58.2 Å². The molecule has 0 bridgehead atoms. The normalized spacial score (nSPS) is 22.7. The summed E-state index contributed by atoms with van der Waals surface area (Å²) in [6.45, 7) is 3.29. The Kier molecular flexibility index (Phi) is 3.31. The molecule has 0 radical (unpaired) electrons. The number of thiazole rings is 1. The first-order valence-electron chi connectivity index (χ1n) is 8.51. The van der Waals surface area contributed by atoms with Crippen LogP contribution in [0.1, 0.15) is 22.2 Å². The zero-order valence-electron chi connectivity index (χ0n) is 13.7. The van der Waals surface area contributed by atoms with E-state index in [-0.39, 0.29) is 0 Å². The van der Waals surface area contributed by atoms with Crippen molar-refractivity contribution in [2.75, 3.05) is 13.1 Å². The Labute approximate surface area is 145 Å². The van der Waals surface area contributed by atoms with Crippen molar-refractivity contribution < 1.29 is 0 Å². The van der Waals surface area contributed by atoms with Crippen molar-refractivity contribution in [3.8, 4) is 11.3 Å². The summed E-state index contributed by atoms with van der Waals surface area (Å²) in [4.78, 5) is 7.02. The van der Waals surface area contributed by atoms with Gasteiger partial charge in [0, 0.05) is 54.5 Å². The summed E-state index contributed by atoms with van der Waals surface area (Å²) < 4.78 is 2.11. The molecular formula is C19H20N4S.